The Morgan fingerprint density at radius 3 is 2.55 bits per heavy atom. The van der Waals surface area contributed by atoms with Crippen LogP contribution in [0, 0.1) is 0 Å². The number of benzene rings is 2. The largest absolute Gasteiger partial charge is 0.351 e. The van der Waals surface area contributed by atoms with Crippen molar-refractivity contribution in [2.75, 3.05) is 5.75 Å². The predicted octanol–water partition coefficient (Wildman–Crippen LogP) is 3.99. The van der Waals surface area contributed by atoms with E-state index in [1.165, 1.54) is 0 Å². The topological polar surface area (TPSA) is 68.9 Å². The number of carbonyl (C=O) groups is 1. The number of amides is 1. The SMILES string of the molecule is O=C(C[S@](=O)Cc1cnn(-c2ccccc2)c1-n1cccc1)NCc1cccc(Br)c1. The molecule has 0 unspecified atom stereocenters. The van der Waals surface area contributed by atoms with Crippen LogP contribution in [0.4, 0.5) is 0 Å². The van der Waals surface area contributed by atoms with Gasteiger partial charge in [-0.3, -0.25) is 9.00 Å². The van der Waals surface area contributed by atoms with Crippen LogP contribution < -0.4 is 5.32 Å². The second kappa shape index (κ2) is 9.89. The fourth-order valence-corrected chi connectivity index (χ4v) is 4.75. The summed E-state index contributed by atoms with van der Waals surface area (Å²) in [5.41, 5.74) is 2.71. The highest BCUT2D eigenvalue weighted by molar-refractivity contribution is 9.10. The van der Waals surface area contributed by atoms with Gasteiger partial charge in [-0.2, -0.15) is 5.10 Å². The number of para-hydroxylation sites is 1. The van der Waals surface area contributed by atoms with E-state index >= 15 is 0 Å². The molecule has 0 aliphatic carbocycles. The molecule has 0 bridgehead atoms. The molecule has 2 aromatic heterocycles. The lowest BCUT2D eigenvalue weighted by Crippen LogP contribution is -2.28. The van der Waals surface area contributed by atoms with Crippen molar-refractivity contribution in [3.8, 4) is 11.5 Å². The minimum atomic E-state index is -1.37. The molecule has 0 spiro atoms. The fourth-order valence-electron chi connectivity index (χ4n) is 3.26. The van der Waals surface area contributed by atoms with Gasteiger partial charge in [0.05, 0.1) is 17.6 Å². The molecule has 0 saturated carbocycles. The highest BCUT2D eigenvalue weighted by Crippen LogP contribution is 2.21. The van der Waals surface area contributed by atoms with Crippen LogP contribution in [0.25, 0.3) is 11.5 Å². The lowest BCUT2D eigenvalue weighted by Gasteiger charge is -2.11. The fraction of sp³-hybridized carbons (Fsp3) is 0.130. The predicted molar refractivity (Wildman–Crippen MR) is 126 cm³/mol. The molecular weight excluding hydrogens is 476 g/mol. The first kappa shape index (κ1) is 21.3. The van der Waals surface area contributed by atoms with Crippen molar-refractivity contribution >= 4 is 32.6 Å². The Hall–Kier alpha value is -2.97. The average molecular weight is 497 g/mol. The summed E-state index contributed by atoms with van der Waals surface area (Å²) in [5.74, 6) is 0.760. The van der Waals surface area contributed by atoms with E-state index < -0.39 is 10.8 Å². The van der Waals surface area contributed by atoms with Gasteiger partial charge >= 0.3 is 0 Å². The van der Waals surface area contributed by atoms with E-state index in [0.717, 1.165) is 27.1 Å². The summed E-state index contributed by atoms with van der Waals surface area (Å²) in [7, 11) is -1.37. The molecule has 0 radical (unpaired) electrons. The molecule has 31 heavy (non-hydrogen) atoms. The van der Waals surface area contributed by atoms with Crippen LogP contribution in [0.1, 0.15) is 11.1 Å². The van der Waals surface area contributed by atoms with Crippen molar-refractivity contribution in [1.82, 2.24) is 19.7 Å². The Morgan fingerprint density at radius 2 is 1.81 bits per heavy atom. The highest BCUT2D eigenvalue weighted by Gasteiger charge is 2.17. The smallest absolute Gasteiger partial charge is 0.232 e. The number of nitrogens with zero attached hydrogens (tertiary/aromatic N) is 3. The molecule has 2 heterocycles. The lowest BCUT2D eigenvalue weighted by atomic mass is 10.2. The molecule has 0 saturated heterocycles. The molecule has 8 heteroatoms. The number of rotatable bonds is 8. The van der Waals surface area contributed by atoms with Gasteiger partial charge in [0, 0.05) is 39.8 Å². The number of halogens is 1. The van der Waals surface area contributed by atoms with Crippen molar-refractivity contribution in [3.63, 3.8) is 0 Å². The van der Waals surface area contributed by atoms with Gasteiger partial charge in [-0.25, -0.2) is 4.68 Å². The normalized spacial score (nSPS) is 11.9. The molecule has 2 aromatic carbocycles. The van der Waals surface area contributed by atoms with E-state index in [1.807, 2.05) is 88.4 Å². The van der Waals surface area contributed by atoms with Gasteiger partial charge in [0.15, 0.2) is 0 Å². The van der Waals surface area contributed by atoms with Gasteiger partial charge in [-0.1, -0.05) is 46.3 Å². The third-order valence-corrected chi connectivity index (χ3v) is 6.36. The van der Waals surface area contributed by atoms with Crippen LogP contribution in [0.3, 0.4) is 0 Å². The molecule has 6 nitrogen and oxygen atoms in total. The van der Waals surface area contributed by atoms with Crippen LogP contribution in [0.2, 0.25) is 0 Å². The summed E-state index contributed by atoms with van der Waals surface area (Å²) in [6, 6.07) is 21.4. The third-order valence-electron chi connectivity index (χ3n) is 4.65. The first-order valence-corrected chi connectivity index (χ1v) is 12.0. The maximum Gasteiger partial charge on any atom is 0.232 e. The van der Waals surface area contributed by atoms with E-state index in [9.17, 15) is 9.00 Å². The van der Waals surface area contributed by atoms with Gasteiger partial charge in [0.2, 0.25) is 5.91 Å². The lowest BCUT2D eigenvalue weighted by molar-refractivity contribution is -0.118. The van der Waals surface area contributed by atoms with Crippen LogP contribution in [0.15, 0.2) is 89.8 Å². The maximum atomic E-state index is 12.8. The van der Waals surface area contributed by atoms with Gasteiger partial charge in [-0.15, -0.1) is 0 Å². The molecular formula is C23H21BrN4O2S. The van der Waals surface area contributed by atoms with Crippen molar-refractivity contribution in [2.24, 2.45) is 0 Å². The second-order valence-corrected chi connectivity index (χ2v) is 9.34. The van der Waals surface area contributed by atoms with Crippen molar-refractivity contribution < 1.29 is 9.00 Å². The molecule has 0 aliphatic heterocycles. The minimum absolute atomic E-state index is 0.0599. The second-order valence-electron chi connectivity index (χ2n) is 6.97. The van der Waals surface area contributed by atoms with Gasteiger partial charge in [0.25, 0.3) is 0 Å². The zero-order valence-corrected chi connectivity index (χ0v) is 19.1. The first-order chi connectivity index (χ1) is 15.1. The summed E-state index contributed by atoms with van der Waals surface area (Å²) in [6.07, 6.45) is 5.57. The minimum Gasteiger partial charge on any atom is -0.351 e. The van der Waals surface area contributed by atoms with E-state index in [4.69, 9.17) is 0 Å². The molecule has 0 fully saturated rings. The van der Waals surface area contributed by atoms with Gasteiger partial charge in [-0.05, 0) is 42.0 Å². The molecule has 1 atom stereocenters. The van der Waals surface area contributed by atoms with Gasteiger partial charge < -0.3 is 9.88 Å². The number of hydrogen-bond donors (Lipinski definition) is 1. The zero-order valence-electron chi connectivity index (χ0n) is 16.6. The monoisotopic (exact) mass is 496 g/mol. The Bertz CT molecular complexity index is 1190. The summed E-state index contributed by atoms with van der Waals surface area (Å²) in [5, 5.41) is 7.35. The van der Waals surface area contributed by atoms with Crippen molar-refractivity contribution in [3.05, 3.63) is 101 Å². The van der Waals surface area contributed by atoms with Crippen LogP contribution in [-0.2, 0) is 27.9 Å². The molecule has 1 N–H and O–H groups in total. The molecule has 4 rings (SSSR count). The van der Waals surface area contributed by atoms with E-state index in [2.05, 4.69) is 26.3 Å². The highest BCUT2D eigenvalue weighted by atomic mass is 79.9. The van der Waals surface area contributed by atoms with Crippen molar-refractivity contribution in [1.29, 1.82) is 0 Å². The van der Waals surface area contributed by atoms with E-state index in [1.54, 1.807) is 6.20 Å². The number of carbonyl (C=O) groups excluding carboxylic acids is 1. The maximum absolute atomic E-state index is 12.8. The number of hydrogen-bond acceptors (Lipinski definition) is 3. The quantitative estimate of drug-likeness (QED) is 0.400. The van der Waals surface area contributed by atoms with Gasteiger partial charge in [0.1, 0.15) is 11.6 Å². The Morgan fingerprint density at radius 1 is 1.03 bits per heavy atom. The zero-order chi connectivity index (χ0) is 21.6. The molecule has 1 amide bonds. The standard InChI is InChI=1S/C23H21BrN4O2S/c24-20-8-6-7-18(13-20)14-25-22(29)17-31(30)16-19-15-26-28(21-9-2-1-3-10-21)23(19)27-11-4-5-12-27/h1-13,15H,14,16-17H2,(H,25,29)/t31-/m1/s1. The average Bonchev–Trinajstić information content (AvgIpc) is 3.42. The Kier molecular flexibility index (Phi) is 6.79. The summed E-state index contributed by atoms with van der Waals surface area (Å²) >= 11 is 3.42. The summed E-state index contributed by atoms with van der Waals surface area (Å²) in [6.45, 7) is 0.399. The number of nitrogens with one attached hydrogen (secondary N) is 1. The van der Waals surface area contributed by atoms with Crippen molar-refractivity contribution in [2.45, 2.75) is 12.3 Å². The van der Waals surface area contributed by atoms with E-state index in [0.29, 0.717) is 6.54 Å². The van der Waals surface area contributed by atoms with Crippen LogP contribution >= 0.6 is 15.9 Å². The van der Waals surface area contributed by atoms with Crippen LogP contribution in [0.5, 0.6) is 0 Å². The summed E-state index contributed by atoms with van der Waals surface area (Å²) in [4.78, 5) is 12.3. The summed E-state index contributed by atoms with van der Waals surface area (Å²) < 4.78 is 17.5. The molecule has 4 aromatic rings. The first-order valence-electron chi connectivity index (χ1n) is 9.72. The Balaban J connectivity index is 1.46. The number of aromatic nitrogens is 3. The van der Waals surface area contributed by atoms with Crippen LogP contribution in [-0.4, -0.2) is 30.2 Å². The van der Waals surface area contributed by atoms with E-state index in [-0.39, 0.29) is 17.4 Å². The Labute approximate surface area is 191 Å². The third kappa shape index (κ3) is 5.39. The molecule has 158 valence electrons. The molecule has 0 aliphatic rings.